The zero-order chi connectivity index (χ0) is 8.48. The second-order valence-corrected chi connectivity index (χ2v) is 6.53. The Morgan fingerprint density at radius 3 is 2.45 bits per heavy atom. The van der Waals surface area contributed by atoms with Gasteiger partial charge in [0.15, 0.2) is 0 Å². The van der Waals surface area contributed by atoms with E-state index in [0.717, 1.165) is 11.7 Å². The minimum absolute atomic E-state index is 0.934. The SMILES string of the molecule is CC1=CC(P(C)(C)=O)=CC[CH]1. The van der Waals surface area contributed by atoms with E-state index in [-0.39, 0.29) is 0 Å². The molecule has 1 aliphatic carbocycles. The van der Waals surface area contributed by atoms with Gasteiger partial charge >= 0.3 is 0 Å². The van der Waals surface area contributed by atoms with Crippen molar-refractivity contribution in [2.75, 3.05) is 13.3 Å². The van der Waals surface area contributed by atoms with Crippen molar-refractivity contribution in [1.82, 2.24) is 0 Å². The van der Waals surface area contributed by atoms with Crippen LogP contribution >= 0.6 is 7.14 Å². The molecule has 0 aromatic rings. The summed E-state index contributed by atoms with van der Waals surface area (Å²) in [6.07, 6.45) is 7.14. The number of rotatable bonds is 1. The standard InChI is InChI=1S/C9H14OP/c1-8-5-4-6-9(7-8)11(2,3)10/h5-7H,4H2,1-3H3. The molecule has 0 aromatic carbocycles. The molecule has 0 unspecified atom stereocenters. The summed E-state index contributed by atoms with van der Waals surface area (Å²) in [6.45, 7) is 5.67. The maximum absolute atomic E-state index is 11.6. The average molecular weight is 169 g/mol. The Kier molecular flexibility index (Phi) is 2.39. The smallest absolute Gasteiger partial charge is 0.109 e. The molecule has 0 spiro atoms. The van der Waals surface area contributed by atoms with Gasteiger partial charge in [0.05, 0.1) is 0 Å². The Bertz CT molecular complexity index is 255. The topological polar surface area (TPSA) is 17.1 Å². The quantitative estimate of drug-likeness (QED) is 0.551. The fourth-order valence-electron chi connectivity index (χ4n) is 1.09. The lowest BCUT2D eigenvalue weighted by Crippen LogP contribution is -1.90. The van der Waals surface area contributed by atoms with E-state index in [1.807, 2.05) is 32.4 Å². The Morgan fingerprint density at radius 2 is 2.09 bits per heavy atom. The highest BCUT2D eigenvalue weighted by Crippen LogP contribution is 2.48. The zero-order valence-electron chi connectivity index (χ0n) is 7.29. The molecule has 2 heteroatoms. The third-order valence-corrected chi connectivity index (χ3v) is 3.32. The normalized spacial score (nSPS) is 19.2. The monoisotopic (exact) mass is 169 g/mol. The van der Waals surface area contributed by atoms with Gasteiger partial charge in [-0.3, -0.25) is 0 Å². The van der Waals surface area contributed by atoms with Gasteiger partial charge in [-0.15, -0.1) is 0 Å². The van der Waals surface area contributed by atoms with Crippen LogP contribution in [0.5, 0.6) is 0 Å². The van der Waals surface area contributed by atoms with E-state index in [1.165, 1.54) is 5.57 Å². The summed E-state index contributed by atoms with van der Waals surface area (Å²) in [5.41, 5.74) is 1.23. The van der Waals surface area contributed by atoms with E-state index in [4.69, 9.17) is 0 Å². The highest BCUT2D eigenvalue weighted by atomic mass is 31.2. The Morgan fingerprint density at radius 1 is 1.45 bits per heavy atom. The van der Waals surface area contributed by atoms with E-state index in [0.29, 0.717) is 0 Å². The molecule has 0 N–H and O–H groups in total. The van der Waals surface area contributed by atoms with Gasteiger partial charge < -0.3 is 4.57 Å². The van der Waals surface area contributed by atoms with Crippen LogP contribution in [0.15, 0.2) is 23.0 Å². The summed E-state index contributed by atoms with van der Waals surface area (Å²) >= 11 is 0. The number of hydrogen-bond acceptors (Lipinski definition) is 1. The molecule has 0 bridgehead atoms. The minimum atomic E-state index is -2.01. The zero-order valence-corrected chi connectivity index (χ0v) is 8.19. The van der Waals surface area contributed by atoms with Crippen molar-refractivity contribution in [2.24, 2.45) is 0 Å². The van der Waals surface area contributed by atoms with Crippen LogP contribution in [0, 0.1) is 6.42 Å². The number of hydrogen-bond donors (Lipinski definition) is 0. The predicted octanol–water partition coefficient (Wildman–Crippen LogP) is 3.05. The molecule has 1 nitrogen and oxygen atoms in total. The van der Waals surface area contributed by atoms with Crippen LogP contribution in [0.2, 0.25) is 0 Å². The molecule has 0 aliphatic heterocycles. The maximum atomic E-state index is 11.6. The van der Waals surface area contributed by atoms with Crippen LogP contribution in [-0.2, 0) is 4.57 Å². The van der Waals surface area contributed by atoms with E-state index in [9.17, 15) is 4.57 Å². The van der Waals surface area contributed by atoms with E-state index >= 15 is 0 Å². The largest absolute Gasteiger partial charge is 0.319 e. The second-order valence-electron chi connectivity index (χ2n) is 3.31. The lowest BCUT2D eigenvalue weighted by molar-refractivity contribution is 0.586. The van der Waals surface area contributed by atoms with Gasteiger partial charge in [0.1, 0.15) is 7.14 Å². The van der Waals surface area contributed by atoms with Gasteiger partial charge in [0.2, 0.25) is 0 Å². The summed E-state index contributed by atoms with van der Waals surface area (Å²) in [4.78, 5) is 0. The summed E-state index contributed by atoms with van der Waals surface area (Å²) in [5, 5.41) is 1.03. The van der Waals surface area contributed by atoms with Gasteiger partial charge in [-0.05, 0) is 33.1 Å². The molecule has 1 aliphatic rings. The Balaban J connectivity index is 2.91. The lowest BCUT2D eigenvalue weighted by Gasteiger charge is -2.13. The molecule has 0 fully saturated rings. The van der Waals surface area contributed by atoms with Crippen molar-refractivity contribution in [2.45, 2.75) is 13.3 Å². The molecule has 11 heavy (non-hydrogen) atoms. The van der Waals surface area contributed by atoms with E-state index < -0.39 is 7.14 Å². The lowest BCUT2D eigenvalue weighted by atomic mass is 10.1. The van der Waals surface area contributed by atoms with Crippen LogP contribution in [-0.4, -0.2) is 13.3 Å². The number of allylic oxidation sites excluding steroid dienone is 4. The Hall–Kier alpha value is -0.290. The molecule has 0 heterocycles. The first kappa shape index (κ1) is 8.80. The first-order chi connectivity index (χ1) is 5.00. The van der Waals surface area contributed by atoms with Crippen molar-refractivity contribution in [1.29, 1.82) is 0 Å². The van der Waals surface area contributed by atoms with Crippen molar-refractivity contribution in [3.8, 4) is 0 Å². The molecule has 0 atom stereocenters. The third-order valence-electron chi connectivity index (χ3n) is 1.76. The van der Waals surface area contributed by atoms with Gasteiger partial charge in [-0.2, -0.15) is 0 Å². The van der Waals surface area contributed by atoms with Crippen LogP contribution in [0.3, 0.4) is 0 Å². The van der Waals surface area contributed by atoms with Gasteiger partial charge in [0, 0.05) is 5.31 Å². The van der Waals surface area contributed by atoms with Gasteiger partial charge in [-0.25, -0.2) is 0 Å². The summed E-state index contributed by atoms with van der Waals surface area (Å²) in [7, 11) is -2.01. The molecule has 61 valence electrons. The van der Waals surface area contributed by atoms with Crippen LogP contribution in [0.1, 0.15) is 13.3 Å². The third kappa shape index (κ3) is 2.34. The fraction of sp³-hybridized carbons (Fsp3) is 0.444. The van der Waals surface area contributed by atoms with Crippen LogP contribution < -0.4 is 0 Å². The maximum Gasteiger partial charge on any atom is 0.109 e. The van der Waals surface area contributed by atoms with E-state index in [2.05, 4.69) is 6.42 Å². The minimum Gasteiger partial charge on any atom is -0.319 e. The van der Waals surface area contributed by atoms with Crippen molar-refractivity contribution < 1.29 is 4.57 Å². The van der Waals surface area contributed by atoms with Crippen LogP contribution in [0.4, 0.5) is 0 Å². The first-order valence-corrected chi connectivity index (χ1v) is 6.37. The average Bonchev–Trinajstić information content (AvgIpc) is 1.86. The molecular weight excluding hydrogens is 155 g/mol. The molecular formula is C9H14OP. The van der Waals surface area contributed by atoms with E-state index in [1.54, 1.807) is 0 Å². The molecule has 1 radical (unpaired) electrons. The van der Waals surface area contributed by atoms with Crippen molar-refractivity contribution in [3.05, 3.63) is 29.5 Å². The fourth-order valence-corrected chi connectivity index (χ4v) is 2.15. The Labute approximate surface area is 68.6 Å². The molecule has 1 rings (SSSR count). The highest BCUT2D eigenvalue weighted by Gasteiger charge is 2.14. The summed E-state index contributed by atoms with van der Waals surface area (Å²) < 4.78 is 11.6. The van der Waals surface area contributed by atoms with Gasteiger partial charge in [0.25, 0.3) is 0 Å². The molecule has 0 amide bonds. The van der Waals surface area contributed by atoms with Crippen LogP contribution in [0.25, 0.3) is 0 Å². The first-order valence-electron chi connectivity index (χ1n) is 3.77. The summed E-state index contributed by atoms with van der Waals surface area (Å²) in [5.74, 6) is 0. The predicted molar refractivity (Wildman–Crippen MR) is 50.2 cm³/mol. The molecule has 0 saturated carbocycles. The second kappa shape index (κ2) is 2.98. The summed E-state index contributed by atoms with van der Waals surface area (Å²) in [6, 6.07) is 0. The molecule has 0 saturated heterocycles. The molecule has 0 aromatic heterocycles. The van der Waals surface area contributed by atoms with Gasteiger partial charge in [-0.1, -0.05) is 17.7 Å². The highest BCUT2D eigenvalue weighted by molar-refractivity contribution is 7.66. The van der Waals surface area contributed by atoms with Crippen molar-refractivity contribution in [3.63, 3.8) is 0 Å². The van der Waals surface area contributed by atoms with Crippen molar-refractivity contribution >= 4 is 7.14 Å².